The number of nitrogens with two attached hydrogens (primary N) is 1. The number of hydrogen-bond donors (Lipinski definition) is 1. The highest BCUT2D eigenvalue weighted by atomic mass is 32.2. The fourth-order valence-corrected chi connectivity index (χ4v) is 3.98. The van der Waals surface area contributed by atoms with Crippen LogP contribution < -0.4 is 5.73 Å². The Labute approximate surface area is 180 Å². The quantitative estimate of drug-likeness (QED) is 0.510. The third kappa shape index (κ3) is 6.33. The van der Waals surface area contributed by atoms with Gasteiger partial charge in [-0.15, -0.1) is 11.8 Å². The molecule has 0 aliphatic carbocycles. The molecule has 0 spiro atoms. The molecule has 0 saturated carbocycles. The first-order valence-corrected chi connectivity index (χ1v) is 10.7. The van der Waals surface area contributed by atoms with Gasteiger partial charge < -0.3 is 15.4 Å². The molecule has 30 heavy (non-hydrogen) atoms. The number of benzene rings is 2. The average Bonchev–Trinajstić information content (AvgIpc) is 2.77. The second kappa shape index (κ2) is 10.8. The van der Waals surface area contributed by atoms with E-state index in [-0.39, 0.29) is 18.3 Å². The number of piperazine rings is 1. The summed E-state index contributed by atoms with van der Waals surface area (Å²) < 4.78 is 5.24. The van der Waals surface area contributed by atoms with Crippen LogP contribution in [0.1, 0.15) is 15.9 Å². The summed E-state index contributed by atoms with van der Waals surface area (Å²) in [6.45, 7) is 3.33. The van der Waals surface area contributed by atoms with Gasteiger partial charge in [0.05, 0.1) is 11.3 Å². The molecule has 2 amide bonds. The molecular formula is C22H25N3O4S. The lowest BCUT2D eigenvalue weighted by molar-refractivity contribution is -0.136. The Balaban J connectivity index is 1.46. The Kier molecular flexibility index (Phi) is 7.87. The smallest absolute Gasteiger partial charge is 0.339 e. The number of ether oxygens (including phenoxy) is 1. The van der Waals surface area contributed by atoms with Crippen LogP contribution in [-0.2, 0) is 20.9 Å². The molecule has 1 fully saturated rings. The molecule has 2 N–H and O–H groups in total. The monoisotopic (exact) mass is 427 g/mol. The molecule has 0 atom stereocenters. The predicted octanol–water partition coefficient (Wildman–Crippen LogP) is 1.77. The van der Waals surface area contributed by atoms with E-state index in [2.05, 4.69) is 17.0 Å². The van der Waals surface area contributed by atoms with Crippen molar-refractivity contribution in [2.24, 2.45) is 5.73 Å². The molecule has 2 aromatic rings. The van der Waals surface area contributed by atoms with Crippen LogP contribution in [0.25, 0.3) is 0 Å². The van der Waals surface area contributed by atoms with Crippen molar-refractivity contribution < 1.29 is 19.1 Å². The number of esters is 1. The largest absolute Gasteiger partial charge is 0.452 e. The maximum atomic E-state index is 12.5. The van der Waals surface area contributed by atoms with Crippen molar-refractivity contribution in [3.05, 3.63) is 65.7 Å². The summed E-state index contributed by atoms with van der Waals surface area (Å²) >= 11 is 1.17. The van der Waals surface area contributed by atoms with E-state index in [4.69, 9.17) is 10.5 Å². The summed E-state index contributed by atoms with van der Waals surface area (Å²) in [5.74, 6) is -1.19. The number of carbonyl (C=O) groups excluding carboxylic acids is 3. The van der Waals surface area contributed by atoms with Gasteiger partial charge >= 0.3 is 5.97 Å². The van der Waals surface area contributed by atoms with Crippen molar-refractivity contribution in [3.63, 3.8) is 0 Å². The highest BCUT2D eigenvalue weighted by Gasteiger charge is 2.23. The minimum absolute atomic E-state index is 0.0660. The lowest BCUT2D eigenvalue weighted by Crippen LogP contribution is -2.49. The summed E-state index contributed by atoms with van der Waals surface area (Å²) in [7, 11) is 0. The second-order valence-electron chi connectivity index (χ2n) is 6.97. The summed E-state index contributed by atoms with van der Waals surface area (Å²) in [6, 6.07) is 17.0. The molecule has 1 aliphatic heterocycles. The van der Waals surface area contributed by atoms with E-state index in [0.29, 0.717) is 23.5 Å². The van der Waals surface area contributed by atoms with Crippen LogP contribution >= 0.6 is 11.8 Å². The van der Waals surface area contributed by atoms with Crippen molar-refractivity contribution in [2.75, 3.05) is 38.5 Å². The van der Waals surface area contributed by atoms with E-state index in [1.165, 1.54) is 17.3 Å². The van der Waals surface area contributed by atoms with Gasteiger partial charge in [-0.3, -0.25) is 14.5 Å². The Morgan fingerprint density at radius 1 is 0.933 bits per heavy atom. The van der Waals surface area contributed by atoms with Crippen molar-refractivity contribution in [1.29, 1.82) is 0 Å². The Morgan fingerprint density at radius 2 is 1.60 bits per heavy atom. The third-order valence-electron chi connectivity index (χ3n) is 4.78. The predicted molar refractivity (Wildman–Crippen MR) is 115 cm³/mol. The van der Waals surface area contributed by atoms with Gasteiger partial charge in [0, 0.05) is 37.6 Å². The van der Waals surface area contributed by atoms with Crippen LogP contribution in [0, 0.1) is 0 Å². The first-order chi connectivity index (χ1) is 14.5. The van der Waals surface area contributed by atoms with Crippen molar-refractivity contribution in [1.82, 2.24) is 9.80 Å². The number of nitrogens with zero attached hydrogens (tertiary/aromatic N) is 2. The van der Waals surface area contributed by atoms with Gasteiger partial charge in [-0.25, -0.2) is 4.79 Å². The van der Waals surface area contributed by atoms with Crippen LogP contribution in [0.3, 0.4) is 0 Å². The molecular weight excluding hydrogens is 402 g/mol. The molecule has 0 aromatic heterocycles. The molecule has 0 radical (unpaired) electrons. The van der Waals surface area contributed by atoms with E-state index in [1.54, 1.807) is 29.2 Å². The Hall–Kier alpha value is -2.84. The Bertz CT molecular complexity index is 883. The molecule has 8 heteroatoms. The van der Waals surface area contributed by atoms with Crippen molar-refractivity contribution in [2.45, 2.75) is 11.4 Å². The van der Waals surface area contributed by atoms with Gasteiger partial charge in [0.25, 0.3) is 5.91 Å². The van der Waals surface area contributed by atoms with Gasteiger partial charge in [-0.05, 0) is 17.7 Å². The number of thioether (sulfide) groups is 1. The van der Waals surface area contributed by atoms with Gasteiger partial charge in [0.15, 0.2) is 6.61 Å². The topological polar surface area (TPSA) is 92.9 Å². The molecule has 3 rings (SSSR count). The molecule has 7 nitrogen and oxygen atoms in total. The summed E-state index contributed by atoms with van der Waals surface area (Å²) in [5.41, 5.74) is 6.74. The zero-order valence-electron chi connectivity index (χ0n) is 16.7. The van der Waals surface area contributed by atoms with E-state index in [1.807, 2.05) is 18.2 Å². The Morgan fingerprint density at radius 3 is 2.30 bits per heavy atom. The van der Waals surface area contributed by atoms with Gasteiger partial charge in [-0.1, -0.05) is 42.5 Å². The highest BCUT2D eigenvalue weighted by Crippen LogP contribution is 2.23. The fourth-order valence-electron chi connectivity index (χ4n) is 3.20. The van der Waals surface area contributed by atoms with Crippen molar-refractivity contribution in [3.8, 4) is 0 Å². The van der Waals surface area contributed by atoms with Gasteiger partial charge in [0.2, 0.25) is 5.91 Å². The van der Waals surface area contributed by atoms with Crippen LogP contribution in [0.5, 0.6) is 0 Å². The average molecular weight is 428 g/mol. The van der Waals surface area contributed by atoms with E-state index in [9.17, 15) is 14.4 Å². The number of amides is 2. The fraction of sp³-hybridized carbons (Fsp3) is 0.318. The highest BCUT2D eigenvalue weighted by molar-refractivity contribution is 8.00. The number of hydrogen-bond acceptors (Lipinski definition) is 6. The standard InChI is InChI=1S/C22H25N3O4S/c23-20(26)16-30-19-9-5-4-8-18(19)22(28)29-15-21(27)25-12-10-24(11-13-25)14-17-6-2-1-3-7-17/h1-9H,10-16H2,(H2,23,26). The van der Waals surface area contributed by atoms with E-state index >= 15 is 0 Å². The lowest BCUT2D eigenvalue weighted by Gasteiger charge is -2.34. The summed E-state index contributed by atoms with van der Waals surface area (Å²) in [5, 5.41) is 0. The van der Waals surface area contributed by atoms with Crippen LogP contribution in [0.4, 0.5) is 0 Å². The van der Waals surface area contributed by atoms with E-state index < -0.39 is 11.9 Å². The van der Waals surface area contributed by atoms with Gasteiger partial charge in [0.1, 0.15) is 0 Å². The normalized spacial score (nSPS) is 14.3. The summed E-state index contributed by atoms with van der Waals surface area (Å²) in [6.07, 6.45) is 0. The zero-order valence-corrected chi connectivity index (χ0v) is 17.5. The first kappa shape index (κ1) is 21.9. The molecule has 2 aromatic carbocycles. The summed E-state index contributed by atoms with van der Waals surface area (Å²) in [4.78, 5) is 40.5. The minimum atomic E-state index is -0.585. The van der Waals surface area contributed by atoms with Crippen LogP contribution in [-0.4, -0.2) is 66.1 Å². The molecule has 1 saturated heterocycles. The van der Waals surface area contributed by atoms with Crippen molar-refractivity contribution >= 4 is 29.5 Å². The number of rotatable bonds is 8. The van der Waals surface area contributed by atoms with Crippen LogP contribution in [0.2, 0.25) is 0 Å². The molecule has 158 valence electrons. The maximum absolute atomic E-state index is 12.5. The zero-order chi connectivity index (χ0) is 21.3. The molecule has 1 heterocycles. The third-order valence-corrected chi connectivity index (χ3v) is 5.87. The number of primary amides is 1. The number of carbonyl (C=O) groups is 3. The molecule has 1 aliphatic rings. The molecule has 0 unspecified atom stereocenters. The SMILES string of the molecule is NC(=O)CSc1ccccc1C(=O)OCC(=O)N1CCN(Cc2ccccc2)CC1. The van der Waals surface area contributed by atoms with Gasteiger partial charge in [-0.2, -0.15) is 0 Å². The van der Waals surface area contributed by atoms with E-state index in [0.717, 1.165) is 19.6 Å². The van der Waals surface area contributed by atoms with Crippen LogP contribution in [0.15, 0.2) is 59.5 Å². The maximum Gasteiger partial charge on any atom is 0.339 e. The lowest BCUT2D eigenvalue weighted by atomic mass is 10.2. The molecule has 0 bridgehead atoms. The minimum Gasteiger partial charge on any atom is -0.452 e. The first-order valence-electron chi connectivity index (χ1n) is 9.74. The second-order valence-corrected chi connectivity index (χ2v) is 7.99.